The van der Waals surface area contributed by atoms with Gasteiger partial charge in [0.25, 0.3) is 5.91 Å². The monoisotopic (exact) mass is 603 g/mol. The van der Waals surface area contributed by atoms with Crippen molar-refractivity contribution in [1.82, 2.24) is 9.47 Å². The van der Waals surface area contributed by atoms with Crippen molar-refractivity contribution < 1.29 is 41.7 Å². The molecule has 1 fully saturated rings. The molecule has 2 N–H and O–H groups in total. The molecule has 0 bridgehead atoms. The van der Waals surface area contributed by atoms with Crippen LogP contribution < -0.4 is 15.2 Å². The molecular formula is C31H36F3N3O6. The predicted molar refractivity (Wildman–Crippen MR) is 152 cm³/mol. The summed E-state index contributed by atoms with van der Waals surface area (Å²) in [6.45, 7) is 7.08. The van der Waals surface area contributed by atoms with Crippen LogP contribution in [0.3, 0.4) is 0 Å². The Kier molecular flexibility index (Phi) is 8.12. The fraction of sp³-hybridized carbons (Fsp3) is 0.484. The van der Waals surface area contributed by atoms with Crippen LogP contribution in [0.1, 0.15) is 61.1 Å². The second-order valence-corrected chi connectivity index (χ2v) is 12.1. The fourth-order valence-electron chi connectivity index (χ4n) is 5.87. The number of aromatic nitrogens is 1. The maximum atomic E-state index is 13.8. The molecule has 1 unspecified atom stereocenters. The number of carbonyl (C=O) groups is 2. The first-order valence-corrected chi connectivity index (χ1v) is 14.1. The molecule has 3 aromatic rings. The minimum Gasteiger partial charge on any atom is -0.492 e. The van der Waals surface area contributed by atoms with Gasteiger partial charge >= 0.3 is 12.3 Å². The molecule has 3 heterocycles. The van der Waals surface area contributed by atoms with Gasteiger partial charge in [0.1, 0.15) is 17.4 Å². The highest BCUT2D eigenvalue weighted by molar-refractivity contribution is 6.08. The van der Waals surface area contributed by atoms with E-state index in [0.717, 1.165) is 11.3 Å². The van der Waals surface area contributed by atoms with Crippen molar-refractivity contribution in [3.8, 4) is 11.5 Å². The average Bonchev–Trinajstić information content (AvgIpc) is 3.48. The number of rotatable bonds is 7. The lowest BCUT2D eigenvalue weighted by atomic mass is 9.73. The topological polar surface area (TPSA) is 105 Å². The molecule has 1 saturated heterocycles. The minimum absolute atomic E-state index is 0.181. The highest BCUT2D eigenvalue weighted by Gasteiger charge is 2.44. The number of hydrogen-bond acceptors (Lipinski definition) is 7. The van der Waals surface area contributed by atoms with Gasteiger partial charge in [-0.15, -0.1) is 13.2 Å². The smallest absolute Gasteiger partial charge is 0.492 e. The van der Waals surface area contributed by atoms with Crippen molar-refractivity contribution in [3.63, 3.8) is 0 Å². The van der Waals surface area contributed by atoms with Gasteiger partial charge in [-0.3, -0.25) is 4.79 Å². The summed E-state index contributed by atoms with van der Waals surface area (Å²) in [6, 6.07) is 8.83. The van der Waals surface area contributed by atoms with Gasteiger partial charge in [-0.2, -0.15) is 0 Å². The summed E-state index contributed by atoms with van der Waals surface area (Å²) >= 11 is 0. The molecule has 2 aliphatic rings. The number of fused-ring (bicyclic) bond motifs is 3. The first-order chi connectivity index (χ1) is 20.2. The maximum absolute atomic E-state index is 13.8. The highest BCUT2D eigenvalue weighted by atomic mass is 19.4. The zero-order chi connectivity index (χ0) is 31.2. The number of likely N-dealkylation sites (tertiary alicyclic amines) is 1. The van der Waals surface area contributed by atoms with Gasteiger partial charge < -0.3 is 34.1 Å². The number of benzene rings is 2. The van der Waals surface area contributed by atoms with Crippen LogP contribution in [0.4, 0.5) is 13.2 Å². The van der Waals surface area contributed by atoms with Crippen LogP contribution in [0.2, 0.25) is 0 Å². The Labute approximate surface area is 247 Å². The van der Waals surface area contributed by atoms with Crippen molar-refractivity contribution in [2.45, 2.75) is 63.6 Å². The lowest BCUT2D eigenvalue weighted by molar-refractivity contribution is -0.274. The number of alkyl halides is 3. The number of halogens is 3. The van der Waals surface area contributed by atoms with E-state index in [1.807, 2.05) is 12.1 Å². The molecule has 12 heteroatoms. The summed E-state index contributed by atoms with van der Waals surface area (Å²) < 4.78 is 62.0. The summed E-state index contributed by atoms with van der Waals surface area (Å²) in [7, 11) is 1.49. The van der Waals surface area contributed by atoms with Gasteiger partial charge in [0.05, 0.1) is 24.3 Å². The van der Waals surface area contributed by atoms with E-state index >= 15 is 0 Å². The molecule has 2 aromatic carbocycles. The van der Waals surface area contributed by atoms with Crippen LogP contribution in [0, 0.1) is 0 Å². The predicted octanol–water partition coefficient (Wildman–Crippen LogP) is 5.09. The lowest BCUT2D eigenvalue weighted by Gasteiger charge is -2.38. The van der Waals surface area contributed by atoms with Crippen molar-refractivity contribution in [2.75, 3.05) is 33.4 Å². The van der Waals surface area contributed by atoms with Gasteiger partial charge in [0, 0.05) is 49.3 Å². The lowest BCUT2D eigenvalue weighted by Crippen LogP contribution is -2.46. The van der Waals surface area contributed by atoms with E-state index in [2.05, 4.69) is 4.74 Å². The van der Waals surface area contributed by atoms with E-state index in [4.69, 9.17) is 19.9 Å². The largest absolute Gasteiger partial charge is 0.573 e. The van der Waals surface area contributed by atoms with Crippen molar-refractivity contribution in [1.29, 1.82) is 0 Å². The molecule has 5 rings (SSSR count). The number of hydrogen-bond donors (Lipinski definition) is 1. The molecule has 2 aliphatic heterocycles. The van der Waals surface area contributed by atoms with Crippen molar-refractivity contribution in [3.05, 3.63) is 59.3 Å². The van der Waals surface area contributed by atoms with Crippen LogP contribution >= 0.6 is 0 Å². The standard InChI is InChI=1S/C31H36F3N3O6/c1-29(2,3)43-28(39)25(35)19-8-9-23-22(16-19)30(18-41-23)10-12-36(13-11-30)27(38)21-17-37(14-15-40-4)26-20(21)6-5-7-24(26)42-31(32,33)34/h5-9,16-17,25H,10-15,18,35H2,1-4H3. The molecule has 1 amide bonds. The number of nitrogens with two attached hydrogens (primary N) is 1. The molecule has 0 radical (unpaired) electrons. The number of ether oxygens (including phenoxy) is 4. The second-order valence-electron chi connectivity index (χ2n) is 12.1. The van der Waals surface area contributed by atoms with Gasteiger partial charge in [-0.05, 0) is 57.4 Å². The third kappa shape index (κ3) is 6.30. The van der Waals surface area contributed by atoms with Crippen molar-refractivity contribution in [2.24, 2.45) is 5.73 Å². The molecule has 9 nitrogen and oxygen atoms in total. The minimum atomic E-state index is -4.88. The zero-order valence-electron chi connectivity index (χ0n) is 24.6. The van der Waals surface area contributed by atoms with E-state index in [1.54, 1.807) is 48.6 Å². The second kappa shape index (κ2) is 11.4. The highest BCUT2D eigenvalue weighted by Crippen LogP contribution is 2.46. The first-order valence-electron chi connectivity index (χ1n) is 14.1. The summed E-state index contributed by atoms with van der Waals surface area (Å²) in [6.07, 6.45) is -2.12. The molecular weight excluding hydrogens is 567 g/mol. The third-order valence-electron chi connectivity index (χ3n) is 7.96. The molecule has 43 heavy (non-hydrogen) atoms. The third-order valence-corrected chi connectivity index (χ3v) is 7.96. The maximum Gasteiger partial charge on any atom is 0.573 e. The van der Waals surface area contributed by atoms with E-state index in [1.165, 1.54) is 19.2 Å². The van der Waals surface area contributed by atoms with Crippen LogP contribution in [0.15, 0.2) is 42.6 Å². The van der Waals surface area contributed by atoms with E-state index in [9.17, 15) is 22.8 Å². The molecule has 0 aliphatic carbocycles. The Hall–Kier alpha value is -3.77. The Morgan fingerprint density at radius 1 is 1.12 bits per heavy atom. The number of piperidine rings is 1. The average molecular weight is 604 g/mol. The number of carbonyl (C=O) groups excluding carboxylic acids is 2. The van der Waals surface area contributed by atoms with Crippen LogP contribution in [0.5, 0.6) is 11.5 Å². The molecule has 1 atom stereocenters. The molecule has 1 spiro atoms. The summed E-state index contributed by atoms with van der Waals surface area (Å²) in [5, 5.41) is 0.374. The zero-order valence-corrected chi connectivity index (χ0v) is 24.6. The SMILES string of the molecule is COCCn1cc(C(=O)N2CCC3(CC2)COc2ccc(C(N)C(=O)OC(C)(C)C)cc23)c2cccc(OC(F)(F)F)c21. The number of nitrogens with zero attached hydrogens (tertiary/aromatic N) is 2. The molecule has 232 valence electrons. The first kappa shape index (κ1) is 30.7. The van der Waals surface area contributed by atoms with Gasteiger partial charge in [-0.25, -0.2) is 4.79 Å². The van der Waals surface area contributed by atoms with Gasteiger partial charge in [-0.1, -0.05) is 18.2 Å². The van der Waals surface area contributed by atoms with E-state index < -0.39 is 24.0 Å². The van der Waals surface area contributed by atoms with Gasteiger partial charge in [0.15, 0.2) is 5.75 Å². The fourth-order valence-corrected chi connectivity index (χ4v) is 5.87. The normalized spacial score (nSPS) is 17.1. The van der Waals surface area contributed by atoms with Crippen LogP contribution in [0.25, 0.3) is 10.9 Å². The number of amides is 1. The van der Waals surface area contributed by atoms with Crippen LogP contribution in [-0.4, -0.2) is 66.7 Å². The van der Waals surface area contributed by atoms with E-state index in [-0.39, 0.29) is 35.7 Å². The summed E-state index contributed by atoms with van der Waals surface area (Å²) in [5.74, 6) is -0.453. The Balaban J connectivity index is 1.37. The van der Waals surface area contributed by atoms with Crippen LogP contribution in [-0.2, 0) is 26.2 Å². The Morgan fingerprint density at radius 2 is 1.84 bits per heavy atom. The number of methoxy groups -OCH3 is 1. The Morgan fingerprint density at radius 3 is 2.49 bits per heavy atom. The van der Waals surface area contributed by atoms with Gasteiger partial charge in [0.2, 0.25) is 0 Å². The molecule has 0 saturated carbocycles. The number of esters is 1. The quantitative estimate of drug-likeness (QED) is 0.375. The number of para-hydroxylation sites is 1. The van der Waals surface area contributed by atoms with Crippen molar-refractivity contribution >= 4 is 22.8 Å². The Bertz CT molecular complexity index is 1520. The summed E-state index contributed by atoms with van der Waals surface area (Å²) in [5.41, 5.74) is 7.27. The van der Waals surface area contributed by atoms with E-state index in [0.29, 0.717) is 49.1 Å². The molecule has 1 aromatic heterocycles. The summed E-state index contributed by atoms with van der Waals surface area (Å²) in [4.78, 5) is 28.1.